The van der Waals surface area contributed by atoms with Crippen molar-refractivity contribution in [1.29, 1.82) is 0 Å². The Morgan fingerprint density at radius 1 is 0.938 bits per heavy atom. The fourth-order valence-corrected chi connectivity index (χ4v) is 5.09. The van der Waals surface area contributed by atoms with Gasteiger partial charge in [0, 0.05) is 10.7 Å². The molecule has 0 fully saturated rings. The Bertz CT molecular complexity index is 1190. The van der Waals surface area contributed by atoms with Crippen molar-refractivity contribution >= 4 is 38.9 Å². The number of aryl methyl sites for hydroxylation is 3. The minimum Gasteiger partial charge on any atom is -0.324 e. The molecular weight excluding hydrogens is 444 g/mol. The first kappa shape index (κ1) is 23.8. The van der Waals surface area contributed by atoms with Crippen LogP contribution in [0, 0.1) is 6.92 Å². The highest BCUT2D eigenvalue weighted by atomic mass is 35.5. The molecular formula is C25H27ClN2O3S. The number of hydrogen-bond acceptors (Lipinski definition) is 3. The third kappa shape index (κ3) is 5.14. The molecule has 3 rings (SSSR count). The average molecular weight is 471 g/mol. The summed E-state index contributed by atoms with van der Waals surface area (Å²) < 4.78 is 28.0. The van der Waals surface area contributed by atoms with Gasteiger partial charge in [-0.3, -0.25) is 9.10 Å². The minimum absolute atomic E-state index is 0.104. The van der Waals surface area contributed by atoms with Crippen LogP contribution in [0.15, 0.2) is 71.6 Å². The number of para-hydroxylation sites is 1. The Kier molecular flexibility index (Phi) is 7.59. The van der Waals surface area contributed by atoms with Crippen molar-refractivity contribution in [1.82, 2.24) is 0 Å². The van der Waals surface area contributed by atoms with Crippen molar-refractivity contribution < 1.29 is 13.2 Å². The molecule has 3 aromatic carbocycles. The number of carbonyl (C=O) groups is 1. The first-order valence-electron chi connectivity index (χ1n) is 10.5. The largest absolute Gasteiger partial charge is 0.324 e. The van der Waals surface area contributed by atoms with Gasteiger partial charge in [-0.05, 0) is 60.7 Å². The zero-order valence-corrected chi connectivity index (χ0v) is 20.0. The fourth-order valence-electron chi connectivity index (χ4n) is 3.48. The lowest BCUT2D eigenvalue weighted by Crippen LogP contribution is -2.38. The van der Waals surface area contributed by atoms with Gasteiger partial charge in [0.15, 0.2) is 0 Å². The molecule has 0 aliphatic carbocycles. The van der Waals surface area contributed by atoms with Gasteiger partial charge in [-0.1, -0.05) is 67.9 Å². The molecule has 0 saturated carbocycles. The Morgan fingerprint density at radius 3 is 2.12 bits per heavy atom. The summed E-state index contributed by atoms with van der Waals surface area (Å²) >= 11 is 6.28. The number of rotatable bonds is 8. The van der Waals surface area contributed by atoms with E-state index < -0.39 is 15.9 Å². The van der Waals surface area contributed by atoms with Crippen molar-refractivity contribution in [2.45, 2.75) is 38.5 Å². The molecule has 0 aliphatic rings. The van der Waals surface area contributed by atoms with E-state index in [4.69, 9.17) is 11.6 Å². The maximum absolute atomic E-state index is 13.5. The number of halogens is 1. The predicted molar refractivity (Wildman–Crippen MR) is 131 cm³/mol. The van der Waals surface area contributed by atoms with Crippen LogP contribution in [0.2, 0.25) is 5.02 Å². The molecule has 0 saturated heterocycles. The second-order valence-corrected chi connectivity index (χ2v) is 9.73. The highest BCUT2D eigenvalue weighted by Crippen LogP contribution is 2.29. The van der Waals surface area contributed by atoms with E-state index in [0.717, 1.165) is 39.5 Å². The summed E-state index contributed by atoms with van der Waals surface area (Å²) in [5, 5.41) is 3.38. The van der Waals surface area contributed by atoms with Gasteiger partial charge in [-0.15, -0.1) is 0 Å². The second-order valence-electron chi connectivity index (χ2n) is 7.46. The lowest BCUT2D eigenvalue weighted by Gasteiger charge is -2.25. The van der Waals surface area contributed by atoms with E-state index in [2.05, 4.69) is 5.32 Å². The SMILES string of the molecule is CCc1cccc(CC)c1NC(=O)CN(c1ccc(C)c(Cl)c1)S(=O)(=O)c1ccccc1. The molecule has 7 heteroatoms. The van der Waals surface area contributed by atoms with Crippen molar-refractivity contribution in [3.63, 3.8) is 0 Å². The van der Waals surface area contributed by atoms with E-state index in [1.807, 2.05) is 39.0 Å². The van der Waals surface area contributed by atoms with Crippen LogP contribution >= 0.6 is 11.6 Å². The smallest absolute Gasteiger partial charge is 0.264 e. The fraction of sp³-hybridized carbons (Fsp3) is 0.240. The topological polar surface area (TPSA) is 66.5 Å². The maximum Gasteiger partial charge on any atom is 0.264 e. The van der Waals surface area contributed by atoms with E-state index >= 15 is 0 Å². The van der Waals surface area contributed by atoms with Gasteiger partial charge in [0.05, 0.1) is 10.6 Å². The van der Waals surface area contributed by atoms with Crippen LogP contribution in [0.5, 0.6) is 0 Å². The summed E-state index contributed by atoms with van der Waals surface area (Å²) in [7, 11) is -3.99. The van der Waals surface area contributed by atoms with Crippen LogP contribution < -0.4 is 9.62 Å². The predicted octanol–water partition coefficient (Wildman–Crippen LogP) is 5.61. The van der Waals surface area contributed by atoms with Gasteiger partial charge in [0.25, 0.3) is 10.0 Å². The van der Waals surface area contributed by atoms with Crippen LogP contribution in [-0.2, 0) is 27.7 Å². The lowest BCUT2D eigenvalue weighted by atomic mass is 10.0. The van der Waals surface area contributed by atoms with Crippen LogP contribution in [0.1, 0.15) is 30.5 Å². The van der Waals surface area contributed by atoms with Gasteiger partial charge in [-0.2, -0.15) is 0 Å². The molecule has 0 heterocycles. The van der Waals surface area contributed by atoms with E-state index in [1.165, 1.54) is 12.1 Å². The van der Waals surface area contributed by atoms with Crippen molar-refractivity contribution in [2.24, 2.45) is 0 Å². The third-order valence-corrected chi connectivity index (χ3v) is 7.52. The molecule has 0 radical (unpaired) electrons. The maximum atomic E-state index is 13.5. The zero-order valence-electron chi connectivity index (χ0n) is 18.4. The molecule has 0 atom stereocenters. The quantitative estimate of drug-likeness (QED) is 0.465. The van der Waals surface area contributed by atoms with Crippen LogP contribution in [0.25, 0.3) is 0 Å². The number of hydrogen-bond donors (Lipinski definition) is 1. The Morgan fingerprint density at radius 2 is 1.56 bits per heavy atom. The zero-order chi connectivity index (χ0) is 23.3. The lowest BCUT2D eigenvalue weighted by molar-refractivity contribution is -0.114. The monoisotopic (exact) mass is 470 g/mol. The summed E-state index contributed by atoms with van der Waals surface area (Å²) in [6.07, 6.45) is 1.51. The Balaban J connectivity index is 2.00. The molecule has 0 aliphatic heterocycles. The van der Waals surface area contributed by atoms with Crippen LogP contribution in [0.3, 0.4) is 0 Å². The minimum atomic E-state index is -3.99. The molecule has 1 N–H and O–H groups in total. The third-order valence-electron chi connectivity index (χ3n) is 5.33. The summed E-state index contributed by atoms with van der Waals surface area (Å²) in [6.45, 7) is 5.50. The standard InChI is InChI=1S/C25H27ClN2O3S/c1-4-19-10-9-11-20(5-2)25(19)27-24(29)17-28(21-15-14-18(3)23(26)16-21)32(30,31)22-12-7-6-8-13-22/h6-16H,4-5,17H2,1-3H3,(H,27,29). The first-order chi connectivity index (χ1) is 15.3. The van der Waals surface area contributed by atoms with E-state index in [1.54, 1.807) is 36.4 Å². The average Bonchev–Trinajstić information content (AvgIpc) is 2.80. The molecule has 0 unspecified atom stereocenters. The summed E-state index contributed by atoms with van der Waals surface area (Å²) in [4.78, 5) is 13.2. The van der Waals surface area contributed by atoms with Crippen molar-refractivity contribution in [2.75, 3.05) is 16.2 Å². The van der Waals surface area contributed by atoms with Gasteiger partial charge in [-0.25, -0.2) is 8.42 Å². The highest BCUT2D eigenvalue weighted by Gasteiger charge is 2.28. The summed E-state index contributed by atoms with van der Waals surface area (Å²) in [6, 6.07) is 18.9. The summed E-state index contributed by atoms with van der Waals surface area (Å²) in [5.74, 6) is -0.420. The van der Waals surface area contributed by atoms with E-state index in [9.17, 15) is 13.2 Å². The highest BCUT2D eigenvalue weighted by molar-refractivity contribution is 7.92. The number of amides is 1. The van der Waals surface area contributed by atoms with E-state index in [-0.39, 0.29) is 11.4 Å². The number of benzene rings is 3. The number of nitrogens with zero attached hydrogens (tertiary/aromatic N) is 1. The molecule has 168 valence electrons. The van der Waals surface area contributed by atoms with Gasteiger partial charge >= 0.3 is 0 Å². The van der Waals surface area contributed by atoms with E-state index in [0.29, 0.717) is 10.7 Å². The van der Waals surface area contributed by atoms with Crippen LogP contribution in [-0.4, -0.2) is 20.9 Å². The molecule has 0 aromatic heterocycles. The molecule has 5 nitrogen and oxygen atoms in total. The molecule has 0 bridgehead atoms. The summed E-state index contributed by atoms with van der Waals surface area (Å²) in [5.41, 5.74) is 3.92. The van der Waals surface area contributed by atoms with Gasteiger partial charge in [0.2, 0.25) is 5.91 Å². The Hall–Kier alpha value is -2.83. The number of nitrogens with one attached hydrogen (secondary N) is 1. The normalized spacial score (nSPS) is 11.2. The van der Waals surface area contributed by atoms with Gasteiger partial charge < -0.3 is 5.32 Å². The van der Waals surface area contributed by atoms with Crippen molar-refractivity contribution in [3.8, 4) is 0 Å². The molecule has 32 heavy (non-hydrogen) atoms. The number of carbonyl (C=O) groups excluding carboxylic acids is 1. The molecule has 1 amide bonds. The van der Waals surface area contributed by atoms with Crippen LogP contribution in [0.4, 0.5) is 11.4 Å². The number of sulfonamides is 1. The van der Waals surface area contributed by atoms with Gasteiger partial charge in [0.1, 0.15) is 6.54 Å². The number of anilines is 2. The Labute approximate surface area is 195 Å². The van der Waals surface area contributed by atoms with Crippen molar-refractivity contribution in [3.05, 3.63) is 88.4 Å². The molecule has 3 aromatic rings. The second kappa shape index (κ2) is 10.2. The molecule has 0 spiro atoms. The first-order valence-corrected chi connectivity index (χ1v) is 12.3.